The van der Waals surface area contributed by atoms with E-state index in [1.165, 1.54) is 12.0 Å². The highest BCUT2D eigenvalue weighted by molar-refractivity contribution is 7.80. The van der Waals surface area contributed by atoms with E-state index in [9.17, 15) is 5.11 Å². The van der Waals surface area contributed by atoms with Crippen LogP contribution in [0.15, 0.2) is 110 Å². The lowest BCUT2D eigenvalue weighted by atomic mass is 9.73. The molecular weight excluding hydrogens is 512 g/mol. The molecule has 0 radical (unpaired) electrons. The van der Waals surface area contributed by atoms with Gasteiger partial charge in [-0.1, -0.05) is 84.9 Å². The van der Waals surface area contributed by atoms with E-state index < -0.39 is 12.1 Å². The zero-order valence-electron chi connectivity index (χ0n) is 22.6. The molecule has 0 spiro atoms. The molecule has 3 fully saturated rings. The minimum Gasteiger partial charge on any atom is -0.386 e. The summed E-state index contributed by atoms with van der Waals surface area (Å²) < 4.78 is 0. The van der Waals surface area contributed by atoms with Crippen LogP contribution < -0.4 is 10.6 Å². The Morgan fingerprint density at radius 3 is 2.35 bits per heavy atom. The number of nitrogens with zero attached hydrogens (tertiary/aromatic N) is 2. The number of thiocarbonyl (C=S) groups is 1. The molecule has 3 N–H and O–H groups in total. The number of hydrogen-bond donors (Lipinski definition) is 3. The van der Waals surface area contributed by atoms with E-state index in [1.807, 2.05) is 72.9 Å². The summed E-state index contributed by atoms with van der Waals surface area (Å²) in [5.41, 5.74) is 3.99. The van der Waals surface area contributed by atoms with Gasteiger partial charge in [-0.15, -0.1) is 6.58 Å². The minimum atomic E-state index is -0.772. The Bertz CT molecular complexity index is 1460. The Balaban J connectivity index is 1.33. The van der Waals surface area contributed by atoms with Gasteiger partial charge >= 0.3 is 0 Å². The summed E-state index contributed by atoms with van der Waals surface area (Å²) in [6.07, 6.45) is 5.56. The van der Waals surface area contributed by atoms with Gasteiger partial charge in [-0.25, -0.2) is 0 Å². The topological polar surface area (TPSA) is 60.4 Å². The van der Waals surface area contributed by atoms with E-state index in [2.05, 4.69) is 57.4 Å². The third kappa shape index (κ3) is 5.39. The van der Waals surface area contributed by atoms with Crippen molar-refractivity contribution in [2.45, 2.75) is 37.1 Å². The smallest absolute Gasteiger partial charge is 0.167 e. The van der Waals surface area contributed by atoms with Gasteiger partial charge in [0.15, 0.2) is 5.11 Å². The number of aliphatic hydroxyl groups is 1. The summed E-state index contributed by atoms with van der Waals surface area (Å²) in [5.74, 6) is 1.16. The number of benzene rings is 3. The predicted molar refractivity (Wildman–Crippen MR) is 166 cm³/mol. The highest BCUT2D eigenvalue weighted by Crippen LogP contribution is 2.42. The lowest BCUT2D eigenvalue weighted by Gasteiger charge is -2.52. The normalized spacial score (nSPS) is 24.1. The maximum absolute atomic E-state index is 11.5. The number of aromatic nitrogens is 1. The maximum atomic E-state index is 11.5. The number of fused-ring (bicyclic) bond motifs is 4. The van der Waals surface area contributed by atoms with Crippen molar-refractivity contribution >= 4 is 28.2 Å². The van der Waals surface area contributed by atoms with Crippen molar-refractivity contribution in [3.05, 3.63) is 127 Å². The zero-order chi connectivity index (χ0) is 27.5. The molecule has 3 aliphatic heterocycles. The Hall–Kier alpha value is -3.58. The molecule has 3 aromatic carbocycles. The lowest BCUT2D eigenvalue weighted by molar-refractivity contribution is 0.00421. The monoisotopic (exact) mass is 548 g/mol. The zero-order valence-corrected chi connectivity index (χ0v) is 23.4. The quantitative estimate of drug-likeness (QED) is 0.182. The summed E-state index contributed by atoms with van der Waals surface area (Å²) in [6, 6.07) is 30.1. The van der Waals surface area contributed by atoms with Crippen molar-refractivity contribution in [1.82, 2.24) is 20.5 Å². The van der Waals surface area contributed by atoms with Gasteiger partial charge in [-0.2, -0.15) is 0 Å². The van der Waals surface area contributed by atoms with Gasteiger partial charge in [0.1, 0.15) is 6.10 Å². The third-order valence-corrected chi connectivity index (χ3v) is 8.98. The van der Waals surface area contributed by atoms with Gasteiger partial charge in [0, 0.05) is 24.2 Å². The molecule has 5 nitrogen and oxygen atoms in total. The van der Waals surface area contributed by atoms with Gasteiger partial charge < -0.3 is 15.7 Å². The molecule has 0 saturated carbocycles. The van der Waals surface area contributed by atoms with Gasteiger partial charge in [-0.3, -0.25) is 9.88 Å². The van der Waals surface area contributed by atoms with Crippen molar-refractivity contribution in [2.75, 3.05) is 13.1 Å². The van der Waals surface area contributed by atoms with Gasteiger partial charge in [0.05, 0.1) is 17.6 Å². The van der Waals surface area contributed by atoms with E-state index in [-0.39, 0.29) is 12.1 Å². The first kappa shape index (κ1) is 26.6. The second kappa shape index (κ2) is 11.9. The molecule has 4 heterocycles. The maximum Gasteiger partial charge on any atom is 0.167 e. The average Bonchev–Trinajstić information content (AvgIpc) is 3.03. The molecule has 0 aliphatic carbocycles. The number of pyridine rings is 1. The standard InChI is InChI=1S/C34H36N4OS/c1-2-23-22-38-20-18-26(23)21-30(38)32(28-17-19-35-29-16-10-9-15-27(28)29)37-34(40)36-31(24-11-5-3-6-12-24)33(39)25-13-7-4-8-14-25/h2-17,19,23,26,30-33,39H,1,18,20-22H2,(H2,36,37,40). The molecule has 1 aromatic heterocycles. The van der Waals surface area contributed by atoms with Crippen molar-refractivity contribution in [3.8, 4) is 0 Å². The first-order valence-electron chi connectivity index (χ1n) is 14.2. The predicted octanol–water partition coefficient (Wildman–Crippen LogP) is 6.11. The molecule has 2 bridgehead atoms. The van der Waals surface area contributed by atoms with Crippen molar-refractivity contribution in [1.29, 1.82) is 0 Å². The number of hydrogen-bond acceptors (Lipinski definition) is 4. The Morgan fingerprint density at radius 1 is 0.950 bits per heavy atom. The van der Waals surface area contributed by atoms with Crippen LogP contribution in [-0.4, -0.2) is 39.2 Å². The molecule has 3 saturated heterocycles. The number of rotatable bonds is 8. The molecule has 7 rings (SSSR count). The van der Waals surface area contributed by atoms with Crippen LogP contribution in [-0.2, 0) is 0 Å². The lowest BCUT2D eigenvalue weighted by Crippen LogP contribution is -2.58. The minimum absolute atomic E-state index is 0.0354. The third-order valence-electron chi connectivity index (χ3n) is 8.75. The van der Waals surface area contributed by atoms with E-state index in [1.54, 1.807) is 0 Å². The summed E-state index contributed by atoms with van der Waals surface area (Å²) in [7, 11) is 0. The number of aliphatic hydroxyl groups excluding tert-OH is 1. The van der Waals surface area contributed by atoms with Gasteiger partial charge in [0.25, 0.3) is 0 Å². The molecule has 6 heteroatoms. The van der Waals surface area contributed by atoms with E-state index in [0.717, 1.165) is 41.5 Å². The summed E-state index contributed by atoms with van der Waals surface area (Å²) in [4.78, 5) is 7.24. The molecule has 4 aromatic rings. The molecule has 3 aliphatic rings. The fraction of sp³-hybridized carbons (Fsp3) is 0.294. The van der Waals surface area contributed by atoms with E-state index in [0.29, 0.717) is 16.9 Å². The van der Waals surface area contributed by atoms with Crippen LogP contribution >= 0.6 is 12.2 Å². The van der Waals surface area contributed by atoms with Gasteiger partial charge in [-0.05, 0) is 72.3 Å². The molecule has 0 amide bonds. The largest absolute Gasteiger partial charge is 0.386 e. The molecular formula is C34H36N4OS. The van der Waals surface area contributed by atoms with Crippen LogP contribution in [0.3, 0.4) is 0 Å². The van der Waals surface area contributed by atoms with E-state index in [4.69, 9.17) is 12.2 Å². The van der Waals surface area contributed by atoms with Crippen molar-refractivity contribution in [3.63, 3.8) is 0 Å². The Morgan fingerprint density at radius 2 is 1.65 bits per heavy atom. The molecule has 204 valence electrons. The second-order valence-corrected chi connectivity index (χ2v) is 11.4. The highest BCUT2D eigenvalue weighted by Gasteiger charge is 2.43. The first-order chi connectivity index (χ1) is 19.6. The fourth-order valence-corrected chi connectivity index (χ4v) is 6.92. The molecule has 7 atom stereocenters. The van der Waals surface area contributed by atoms with Crippen molar-refractivity contribution in [2.24, 2.45) is 11.8 Å². The number of para-hydroxylation sites is 1. The van der Waals surface area contributed by atoms with Crippen LogP contribution in [0.25, 0.3) is 10.9 Å². The summed E-state index contributed by atoms with van der Waals surface area (Å²) in [6.45, 7) is 6.23. The number of piperidine rings is 3. The summed E-state index contributed by atoms with van der Waals surface area (Å²) >= 11 is 6.02. The highest BCUT2D eigenvalue weighted by atomic mass is 32.1. The van der Waals surface area contributed by atoms with Crippen LogP contribution in [0, 0.1) is 11.8 Å². The van der Waals surface area contributed by atoms with Crippen LogP contribution in [0.5, 0.6) is 0 Å². The summed E-state index contributed by atoms with van der Waals surface area (Å²) in [5, 5.41) is 20.4. The molecule has 7 unspecified atom stereocenters. The van der Waals surface area contributed by atoms with Gasteiger partial charge in [0.2, 0.25) is 0 Å². The van der Waals surface area contributed by atoms with Crippen LogP contribution in [0.2, 0.25) is 0 Å². The first-order valence-corrected chi connectivity index (χ1v) is 14.6. The Kier molecular flexibility index (Phi) is 7.91. The van der Waals surface area contributed by atoms with Crippen LogP contribution in [0.1, 0.15) is 47.7 Å². The van der Waals surface area contributed by atoms with Crippen molar-refractivity contribution < 1.29 is 5.11 Å². The van der Waals surface area contributed by atoms with Crippen LogP contribution in [0.4, 0.5) is 0 Å². The van der Waals surface area contributed by atoms with E-state index >= 15 is 0 Å². The fourth-order valence-electron chi connectivity index (χ4n) is 6.67. The Labute approximate surface area is 242 Å². The second-order valence-electron chi connectivity index (χ2n) is 11.0. The SMILES string of the molecule is C=CC1CN2CCC1CC2C(NC(=S)NC(c1ccccc1)C(O)c1ccccc1)c1ccnc2ccccc12. The average molecular weight is 549 g/mol. The molecule has 40 heavy (non-hydrogen) atoms. The number of nitrogens with one attached hydrogen (secondary N) is 2.